The fourth-order valence-electron chi connectivity index (χ4n) is 1.78. The molecule has 1 aromatic heterocycles. The zero-order chi connectivity index (χ0) is 15.1. The van der Waals surface area contributed by atoms with Crippen LogP contribution in [0.1, 0.15) is 19.0 Å². The lowest BCUT2D eigenvalue weighted by atomic mass is 10.3. The van der Waals surface area contributed by atoms with E-state index in [0.717, 1.165) is 13.0 Å². The molecule has 0 saturated carbocycles. The van der Waals surface area contributed by atoms with E-state index in [1.165, 1.54) is 0 Å². The monoisotopic (exact) mass is 306 g/mol. The van der Waals surface area contributed by atoms with E-state index in [-0.39, 0.29) is 11.4 Å². The highest BCUT2D eigenvalue weighted by atomic mass is 32.2. The lowest BCUT2D eigenvalue weighted by Crippen LogP contribution is -2.25. The molecule has 0 aliphatic carbocycles. The van der Waals surface area contributed by atoms with Crippen LogP contribution in [-0.4, -0.2) is 25.2 Å². The van der Waals surface area contributed by atoms with Gasteiger partial charge in [-0.05, 0) is 30.7 Å². The molecular weight excluding hydrogens is 288 g/mol. The van der Waals surface area contributed by atoms with Gasteiger partial charge in [0.25, 0.3) is 0 Å². The molecule has 6 nitrogen and oxygen atoms in total. The van der Waals surface area contributed by atoms with Crippen LogP contribution in [0.25, 0.3) is 0 Å². The van der Waals surface area contributed by atoms with E-state index in [0.29, 0.717) is 11.4 Å². The summed E-state index contributed by atoms with van der Waals surface area (Å²) in [7, 11) is -3.60. The van der Waals surface area contributed by atoms with E-state index in [1.807, 2.05) is 6.92 Å². The van der Waals surface area contributed by atoms with Gasteiger partial charge in [-0.3, -0.25) is 0 Å². The van der Waals surface area contributed by atoms with Crippen LogP contribution in [0.15, 0.2) is 47.5 Å². The smallest absolute Gasteiger partial charge is 0.242 e. The topological polar surface area (TPSA) is 84.0 Å². The third-order valence-electron chi connectivity index (χ3n) is 2.81. The Morgan fingerprint density at radius 1 is 1.14 bits per heavy atom. The summed E-state index contributed by atoms with van der Waals surface area (Å²) in [5.41, 5.74) is 1.17. The summed E-state index contributed by atoms with van der Waals surface area (Å²) in [5, 5.41) is 10.7. The molecule has 0 aliphatic rings. The van der Waals surface area contributed by atoms with E-state index in [2.05, 4.69) is 20.2 Å². The Morgan fingerprint density at radius 3 is 2.67 bits per heavy atom. The first kappa shape index (κ1) is 15.4. The molecule has 21 heavy (non-hydrogen) atoms. The minimum absolute atomic E-state index is 0.109. The van der Waals surface area contributed by atoms with Crippen LogP contribution in [0, 0.1) is 0 Å². The van der Waals surface area contributed by atoms with Crippen molar-refractivity contribution in [2.24, 2.45) is 0 Å². The minimum atomic E-state index is -3.60. The molecule has 1 aromatic carbocycles. The van der Waals surface area contributed by atoms with Crippen LogP contribution in [-0.2, 0) is 16.6 Å². The molecule has 1 heterocycles. The van der Waals surface area contributed by atoms with Crippen molar-refractivity contribution in [1.29, 1.82) is 0 Å². The van der Waals surface area contributed by atoms with Crippen LogP contribution >= 0.6 is 0 Å². The fraction of sp³-hybridized carbons (Fsp3) is 0.286. The molecule has 0 aliphatic heterocycles. The zero-order valence-corrected chi connectivity index (χ0v) is 12.6. The number of nitrogens with zero attached hydrogens (tertiary/aromatic N) is 2. The Bertz CT molecular complexity index is 674. The fourth-order valence-corrected chi connectivity index (χ4v) is 2.96. The molecule has 0 amide bonds. The number of para-hydroxylation sites is 1. The molecule has 0 unspecified atom stereocenters. The second-order valence-electron chi connectivity index (χ2n) is 4.46. The highest BCUT2D eigenvalue weighted by Gasteiger charge is 2.17. The third kappa shape index (κ3) is 4.24. The molecule has 2 N–H and O–H groups in total. The maximum absolute atomic E-state index is 12.4. The van der Waals surface area contributed by atoms with E-state index in [9.17, 15) is 8.42 Å². The number of rotatable bonds is 7. The highest BCUT2D eigenvalue weighted by Crippen LogP contribution is 2.20. The zero-order valence-electron chi connectivity index (χ0n) is 11.8. The van der Waals surface area contributed by atoms with Crippen molar-refractivity contribution in [3.8, 4) is 0 Å². The largest absolute Gasteiger partial charge is 0.384 e. The van der Waals surface area contributed by atoms with Gasteiger partial charge in [0, 0.05) is 12.7 Å². The van der Waals surface area contributed by atoms with Crippen LogP contribution < -0.4 is 10.0 Å². The Hall–Kier alpha value is -1.99. The van der Waals surface area contributed by atoms with Crippen molar-refractivity contribution in [1.82, 2.24) is 14.9 Å². The predicted octanol–water partition coefficient (Wildman–Crippen LogP) is 1.78. The van der Waals surface area contributed by atoms with Crippen LogP contribution in [0.4, 0.5) is 5.69 Å². The van der Waals surface area contributed by atoms with Crippen molar-refractivity contribution in [2.45, 2.75) is 24.8 Å². The van der Waals surface area contributed by atoms with Crippen molar-refractivity contribution < 1.29 is 8.42 Å². The third-order valence-corrected chi connectivity index (χ3v) is 4.27. The Balaban J connectivity index is 2.15. The average molecular weight is 306 g/mol. The summed E-state index contributed by atoms with van der Waals surface area (Å²) in [6.45, 7) is 2.85. The van der Waals surface area contributed by atoms with Crippen molar-refractivity contribution in [3.63, 3.8) is 0 Å². The molecule has 0 spiro atoms. The highest BCUT2D eigenvalue weighted by molar-refractivity contribution is 7.89. The number of hydrogen-bond acceptors (Lipinski definition) is 5. The SMILES string of the molecule is CCCNc1ccccc1S(=O)(=O)NCc1cccnn1. The Labute approximate surface area is 124 Å². The van der Waals surface area contributed by atoms with E-state index in [4.69, 9.17) is 0 Å². The lowest BCUT2D eigenvalue weighted by molar-refractivity contribution is 0.580. The number of nitrogens with one attached hydrogen (secondary N) is 2. The van der Waals surface area contributed by atoms with Gasteiger partial charge >= 0.3 is 0 Å². The Kier molecular flexibility index (Phi) is 5.24. The van der Waals surface area contributed by atoms with Crippen LogP contribution in [0.2, 0.25) is 0 Å². The number of hydrogen-bond donors (Lipinski definition) is 2. The molecule has 0 saturated heterocycles. The second kappa shape index (κ2) is 7.14. The van der Waals surface area contributed by atoms with Gasteiger partial charge in [0.15, 0.2) is 0 Å². The normalized spacial score (nSPS) is 11.3. The van der Waals surface area contributed by atoms with Gasteiger partial charge in [0.1, 0.15) is 4.90 Å². The van der Waals surface area contributed by atoms with Gasteiger partial charge in [-0.2, -0.15) is 10.2 Å². The molecule has 0 fully saturated rings. The van der Waals surface area contributed by atoms with Gasteiger partial charge in [0.2, 0.25) is 10.0 Å². The molecule has 2 rings (SSSR count). The quantitative estimate of drug-likeness (QED) is 0.814. The van der Waals surface area contributed by atoms with Gasteiger partial charge in [-0.25, -0.2) is 13.1 Å². The van der Waals surface area contributed by atoms with Crippen LogP contribution in [0.3, 0.4) is 0 Å². The van der Waals surface area contributed by atoms with Gasteiger partial charge in [-0.15, -0.1) is 0 Å². The maximum atomic E-state index is 12.4. The number of aromatic nitrogens is 2. The molecular formula is C14H18N4O2S. The summed E-state index contributed by atoms with van der Waals surface area (Å²) < 4.78 is 27.3. The summed E-state index contributed by atoms with van der Waals surface area (Å²) >= 11 is 0. The molecule has 112 valence electrons. The molecule has 0 atom stereocenters. The van der Waals surface area contributed by atoms with Crippen LogP contribution in [0.5, 0.6) is 0 Å². The average Bonchev–Trinajstić information content (AvgIpc) is 2.52. The summed E-state index contributed by atoms with van der Waals surface area (Å²) in [6, 6.07) is 10.3. The summed E-state index contributed by atoms with van der Waals surface area (Å²) in [4.78, 5) is 0.238. The van der Waals surface area contributed by atoms with Gasteiger partial charge < -0.3 is 5.32 Å². The van der Waals surface area contributed by atoms with Crippen molar-refractivity contribution >= 4 is 15.7 Å². The van der Waals surface area contributed by atoms with Crippen molar-refractivity contribution in [3.05, 3.63) is 48.3 Å². The number of anilines is 1. The number of benzene rings is 1. The van der Waals surface area contributed by atoms with E-state index in [1.54, 1.807) is 42.6 Å². The van der Waals surface area contributed by atoms with E-state index >= 15 is 0 Å². The molecule has 0 radical (unpaired) electrons. The first-order valence-corrected chi connectivity index (χ1v) is 8.21. The predicted molar refractivity (Wildman–Crippen MR) is 81.3 cm³/mol. The molecule has 7 heteroatoms. The standard InChI is InChI=1S/C14H18N4O2S/c1-2-9-15-13-7-3-4-8-14(13)21(19,20)17-11-12-6-5-10-16-18-12/h3-8,10,15,17H,2,9,11H2,1H3. The lowest BCUT2D eigenvalue weighted by Gasteiger charge is -2.12. The Morgan fingerprint density at radius 2 is 1.95 bits per heavy atom. The summed E-state index contributed by atoms with van der Waals surface area (Å²) in [6.07, 6.45) is 2.46. The van der Waals surface area contributed by atoms with Crippen molar-refractivity contribution in [2.75, 3.05) is 11.9 Å². The van der Waals surface area contributed by atoms with Gasteiger partial charge in [0.05, 0.1) is 17.9 Å². The van der Waals surface area contributed by atoms with E-state index < -0.39 is 10.0 Å². The maximum Gasteiger partial charge on any atom is 0.242 e. The molecule has 2 aromatic rings. The summed E-state index contributed by atoms with van der Waals surface area (Å²) in [5.74, 6) is 0. The first-order valence-electron chi connectivity index (χ1n) is 6.72. The second-order valence-corrected chi connectivity index (χ2v) is 6.20. The number of sulfonamides is 1. The minimum Gasteiger partial charge on any atom is -0.384 e. The molecule has 0 bridgehead atoms. The van der Waals surface area contributed by atoms with Gasteiger partial charge in [-0.1, -0.05) is 19.1 Å². The first-order chi connectivity index (χ1) is 10.1.